The Morgan fingerprint density at radius 2 is 1.22 bits per heavy atom. The van der Waals surface area contributed by atoms with Gasteiger partial charge in [-0.05, 0) is 24.3 Å². The summed E-state index contributed by atoms with van der Waals surface area (Å²) in [5, 5.41) is 0. The molecule has 0 radical (unpaired) electrons. The molecule has 116 valence electrons. The van der Waals surface area contributed by atoms with Crippen LogP contribution >= 0.6 is 0 Å². The molecule has 2 aliphatic heterocycles. The quantitative estimate of drug-likeness (QED) is 0.620. The maximum atomic E-state index is 12.2. The molecule has 2 aliphatic rings. The van der Waals surface area contributed by atoms with Crippen molar-refractivity contribution in [2.45, 2.75) is 0 Å². The fourth-order valence-electron chi connectivity index (χ4n) is 2.38. The van der Waals surface area contributed by atoms with E-state index in [-0.39, 0.29) is 36.2 Å². The molecule has 0 spiro atoms. The molecule has 2 heterocycles. The molecule has 0 unspecified atom stereocenters. The second-order valence-electron chi connectivity index (χ2n) is 4.76. The van der Waals surface area contributed by atoms with Crippen molar-refractivity contribution in [3.63, 3.8) is 0 Å². The van der Waals surface area contributed by atoms with Gasteiger partial charge in [0.25, 0.3) is 0 Å². The first-order valence-corrected chi connectivity index (χ1v) is 6.78. The Bertz CT molecular complexity index is 745. The van der Waals surface area contributed by atoms with Crippen LogP contribution in [-0.2, 0) is 4.74 Å². The summed E-state index contributed by atoms with van der Waals surface area (Å²) in [4.78, 5) is 24.5. The van der Waals surface area contributed by atoms with Crippen molar-refractivity contribution in [1.82, 2.24) is 0 Å². The lowest BCUT2D eigenvalue weighted by Crippen LogP contribution is -2.14. The van der Waals surface area contributed by atoms with E-state index in [1.165, 1.54) is 12.1 Å². The summed E-state index contributed by atoms with van der Waals surface area (Å²) >= 11 is 0. The molecule has 0 atom stereocenters. The second kappa shape index (κ2) is 5.20. The Hall–Kier alpha value is -3.22. The van der Waals surface area contributed by atoms with Crippen LogP contribution in [0.25, 0.3) is 0 Å². The number of hydrogen-bond donors (Lipinski definition) is 0. The predicted molar refractivity (Wildman–Crippen MR) is 74.9 cm³/mol. The highest BCUT2D eigenvalue weighted by Gasteiger charge is 2.28. The molecule has 4 rings (SSSR count). The number of hydrogen-bond acceptors (Lipinski definition) is 7. The monoisotopic (exact) mass is 314 g/mol. The topological polar surface area (TPSA) is 80.3 Å². The second-order valence-corrected chi connectivity index (χ2v) is 4.76. The van der Waals surface area contributed by atoms with Gasteiger partial charge in [-0.3, -0.25) is 0 Å². The van der Waals surface area contributed by atoms with E-state index in [0.29, 0.717) is 11.5 Å². The standard InChI is InChI=1S/C16H10O7/c17-15(9-3-1-5-11-13(9)21-7-19-11)23-16(18)10-4-2-6-12-14(10)22-8-20-12/h1-6H,7-8H2. The molecule has 7 heteroatoms. The van der Waals surface area contributed by atoms with Crippen molar-refractivity contribution in [3.8, 4) is 23.0 Å². The van der Waals surface area contributed by atoms with Crippen LogP contribution in [0.2, 0.25) is 0 Å². The maximum absolute atomic E-state index is 12.2. The van der Waals surface area contributed by atoms with Gasteiger partial charge in [-0.2, -0.15) is 0 Å². The van der Waals surface area contributed by atoms with Crippen molar-refractivity contribution in [3.05, 3.63) is 47.5 Å². The third-order valence-corrected chi connectivity index (χ3v) is 3.42. The van der Waals surface area contributed by atoms with Crippen molar-refractivity contribution in [1.29, 1.82) is 0 Å². The lowest BCUT2D eigenvalue weighted by atomic mass is 10.1. The van der Waals surface area contributed by atoms with Crippen LogP contribution < -0.4 is 18.9 Å². The summed E-state index contributed by atoms with van der Waals surface area (Å²) < 4.78 is 25.8. The molecule has 0 aromatic heterocycles. The Balaban J connectivity index is 1.59. The molecular weight excluding hydrogens is 304 g/mol. The van der Waals surface area contributed by atoms with Gasteiger partial charge in [-0.25, -0.2) is 9.59 Å². The average Bonchev–Trinajstić information content (AvgIpc) is 3.22. The fraction of sp³-hybridized carbons (Fsp3) is 0.125. The molecule has 2 aromatic carbocycles. The van der Waals surface area contributed by atoms with Crippen molar-refractivity contribution in [2.24, 2.45) is 0 Å². The highest BCUT2D eigenvalue weighted by Crippen LogP contribution is 2.37. The van der Waals surface area contributed by atoms with Gasteiger partial charge in [0.15, 0.2) is 23.0 Å². The van der Waals surface area contributed by atoms with Crippen LogP contribution in [0.15, 0.2) is 36.4 Å². The van der Waals surface area contributed by atoms with E-state index >= 15 is 0 Å². The Labute approximate surface area is 130 Å². The lowest BCUT2D eigenvalue weighted by molar-refractivity contribution is 0.0393. The predicted octanol–water partition coefficient (Wildman–Crippen LogP) is 2.14. The smallest absolute Gasteiger partial charge is 0.349 e. The van der Waals surface area contributed by atoms with Crippen molar-refractivity contribution in [2.75, 3.05) is 13.6 Å². The van der Waals surface area contributed by atoms with Crippen LogP contribution in [0.1, 0.15) is 20.7 Å². The fourth-order valence-corrected chi connectivity index (χ4v) is 2.38. The maximum Gasteiger partial charge on any atom is 0.349 e. The zero-order valence-corrected chi connectivity index (χ0v) is 11.7. The number of para-hydroxylation sites is 2. The van der Waals surface area contributed by atoms with Gasteiger partial charge in [-0.15, -0.1) is 0 Å². The van der Waals surface area contributed by atoms with Gasteiger partial charge in [0.05, 0.1) is 0 Å². The minimum absolute atomic E-state index is 0.0188. The van der Waals surface area contributed by atoms with Crippen molar-refractivity contribution < 1.29 is 33.3 Å². The summed E-state index contributed by atoms with van der Waals surface area (Å²) in [6, 6.07) is 9.56. The van der Waals surface area contributed by atoms with E-state index in [4.69, 9.17) is 23.7 Å². The molecule has 0 saturated carbocycles. The average molecular weight is 314 g/mol. The molecule has 23 heavy (non-hydrogen) atoms. The Kier molecular flexibility index (Phi) is 3.04. The Morgan fingerprint density at radius 1 is 0.739 bits per heavy atom. The molecule has 0 aliphatic carbocycles. The highest BCUT2D eigenvalue weighted by atomic mass is 16.7. The Morgan fingerprint density at radius 3 is 1.70 bits per heavy atom. The largest absolute Gasteiger partial charge is 0.454 e. The number of fused-ring (bicyclic) bond motifs is 2. The molecule has 2 aromatic rings. The molecule has 0 bridgehead atoms. The van der Waals surface area contributed by atoms with E-state index in [9.17, 15) is 9.59 Å². The van der Waals surface area contributed by atoms with Gasteiger partial charge in [0, 0.05) is 0 Å². The SMILES string of the molecule is O=C(OC(=O)c1cccc2c1OCO2)c1cccc2c1OCO2. The minimum atomic E-state index is -0.825. The molecular formula is C16H10O7. The van der Waals surface area contributed by atoms with Crippen LogP contribution in [-0.4, -0.2) is 25.5 Å². The molecule has 0 fully saturated rings. The summed E-state index contributed by atoms with van der Waals surface area (Å²) in [6.45, 7) is 0.0376. The number of carbonyl (C=O) groups excluding carboxylic acids is 2. The summed E-state index contributed by atoms with van der Waals surface area (Å²) in [6.07, 6.45) is 0. The van der Waals surface area contributed by atoms with Crippen LogP contribution in [0.3, 0.4) is 0 Å². The molecule has 7 nitrogen and oxygen atoms in total. The molecule has 0 N–H and O–H groups in total. The zero-order chi connectivity index (χ0) is 15.8. The summed E-state index contributed by atoms with van der Waals surface area (Å²) in [7, 11) is 0. The zero-order valence-electron chi connectivity index (χ0n) is 11.7. The van der Waals surface area contributed by atoms with Gasteiger partial charge in [0.2, 0.25) is 13.6 Å². The third-order valence-electron chi connectivity index (χ3n) is 3.42. The summed E-state index contributed by atoms with van der Waals surface area (Å²) in [5.74, 6) is -0.248. The number of esters is 2. The van der Waals surface area contributed by atoms with Gasteiger partial charge in [-0.1, -0.05) is 12.1 Å². The van der Waals surface area contributed by atoms with E-state index in [2.05, 4.69) is 0 Å². The molecule has 0 saturated heterocycles. The first kappa shape index (κ1) is 13.4. The third kappa shape index (κ3) is 2.22. The number of benzene rings is 2. The van der Waals surface area contributed by atoms with E-state index in [1.54, 1.807) is 24.3 Å². The highest BCUT2D eigenvalue weighted by molar-refractivity contribution is 6.05. The normalized spacial score (nSPS) is 13.7. The first-order valence-electron chi connectivity index (χ1n) is 6.78. The van der Waals surface area contributed by atoms with Crippen molar-refractivity contribution >= 4 is 11.9 Å². The molecule has 0 amide bonds. The first-order chi connectivity index (χ1) is 11.2. The number of carbonyl (C=O) groups is 2. The lowest BCUT2D eigenvalue weighted by Gasteiger charge is -2.07. The number of ether oxygens (including phenoxy) is 5. The van der Waals surface area contributed by atoms with E-state index < -0.39 is 11.9 Å². The minimum Gasteiger partial charge on any atom is -0.454 e. The van der Waals surface area contributed by atoms with E-state index in [0.717, 1.165) is 0 Å². The van der Waals surface area contributed by atoms with Crippen LogP contribution in [0.5, 0.6) is 23.0 Å². The number of rotatable bonds is 2. The van der Waals surface area contributed by atoms with Gasteiger partial charge >= 0.3 is 11.9 Å². The van der Waals surface area contributed by atoms with Gasteiger partial charge < -0.3 is 23.7 Å². The summed E-state index contributed by atoms with van der Waals surface area (Å²) in [5.41, 5.74) is 0.246. The van der Waals surface area contributed by atoms with Crippen LogP contribution in [0, 0.1) is 0 Å². The van der Waals surface area contributed by atoms with Gasteiger partial charge in [0.1, 0.15) is 11.1 Å². The van der Waals surface area contributed by atoms with Crippen LogP contribution in [0.4, 0.5) is 0 Å². The van der Waals surface area contributed by atoms with E-state index in [1.807, 2.05) is 0 Å².